The van der Waals surface area contributed by atoms with Crippen molar-refractivity contribution in [3.05, 3.63) is 53.5 Å². The number of carbonyl (C=O) groups is 2. The van der Waals surface area contributed by atoms with E-state index in [0.29, 0.717) is 11.5 Å². The third kappa shape index (κ3) is 2.30. The first-order valence-electron chi connectivity index (χ1n) is 6.40. The normalized spacial score (nSPS) is 16.2. The van der Waals surface area contributed by atoms with Crippen LogP contribution in [0.1, 0.15) is 22.0 Å². The zero-order chi connectivity index (χ0) is 15.7. The lowest BCUT2D eigenvalue weighted by atomic mass is 10.0. The van der Waals surface area contributed by atoms with Crippen LogP contribution in [0.15, 0.2) is 42.4 Å². The van der Waals surface area contributed by atoms with Gasteiger partial charge in [-0.15, -0.1) is 0 Å². The molecular formula is C14H12N4O4. The molecule has 3 rings (SSSR count). The Bertz CT molecular complexity index is 763. The van der Waals surface area contributed by atoms with Crippen molar-refractivity contribution in [3.63, 3.8) is 0 Å². The molecule has 1 aliphatic heterocycles. The van der Waals surface area contributed by atoms with E-state index in [-0.39, 0.29) is 5.70 Å². The molecule has 2 aromatic rings. The summed E-state index contributed by atoms with van der Waals surface area (Å²) in [6.07, 6.45) is 2.88. The fourth-order valence-corrected chi connectivity index (χ4v) is 2.23. The highest BCUT2D eigenvalue weighted by atomic mass is 16.5. The number of carboxylic acids is 1. The molecule has 0 amide bonds. The van der Waals surface area contributed by atoms with Gasteiger partial charge in [-0.3, -0.25) is 0 Å². The fraction of sp³-hybridized carbons (Fsp3) is 0.143. The van der Waals surface area contributed by atoms with Gasteiger partial charge in [0, 0.05) is 0 Å². The van der Waals surface area contributed by atoms with Crippen LogP contribution >= 0.6 is 0 Å². The maximum Gasteiger partial charge on any atom is 0.352 e. The smallest absolute Gasteiger partial charge is 0.352 e. The highest BCUT2D eigenvalue weighted by Gasteiger charge is 2.25. The van der Waals surface area contributed by atoms with Gasteiger partial charge < -0.3 is 15.2 Å². The van der Waals surface area contributed by atoms with Gasteiger partial charge in [0.15, 0.2) is 0 Å². The van der Waals surface area contributed by atoms with E-state index in [4.69, 9.17) is 5.11 Å². The molecule has 0 unspecified atom stereocenters. The number of ether oxygens (including phenoxy) is 1. The second-order valence-electron chi connectivity index (χ2n) is 4.60. The van der Waals surface area contributed by atoms with E-state index in [1.165, 1.54) is 19.5 Å². The first kappa shape index (κ1) is 13.8. The number of nitrogens with one attached hydrogen (secondary N) is 1. The molecule has 0 radical (unpaired) electrons. The van der Waals surface area contributed by atoms with Crippen molar-refractivity contribution in [2.75, 3.05) is 12.4 Å². The Balaban J connectivity index is 2.00. The number of esters is 1. The minimum Gasteiger partial charge on any atom is -0.477 e. The number of benzene rings is 1. The lowest BCUT2D eigenvalue weighted by Crippen LogP contribution is -2.24. The predicted octanol–water partition coefficient (Wildman–Crippen LogP) is 1.05. The molecule has 0 bridgehead atoms. The average Bonchev–Trinajstić information content (AvgIpc) is 3.01. The van der Waals surface area contributed by atoms with Crippen molar-refractivity contribution in [2.45, 2.75) is 6.04 Å². The highest BCUT2D eigenvalue weighted by molar-refractivity contribution is 5.90. The third-order valence-electron chi connectivity index (χ3n) is 3.31. The number of rotatable bonds is 3. The highest BCUT2D eigenvalue weighted by Crippen LogP contribution is 2.28. The molecule has 2 heterocycles. The van der Waals surface area contributed by atoms with Crippen LogP contribution in [-0.4, -0.2) is 38.9 Å². The van der Waals surface area contributed by atoms with Crippen LogP contribution < -0.4 is 5.32 Å². The molecule has 8 heteroatoms. The molecule has 8 nitrogen and oxygen atoms in total. The van der Waals surface area contributed by atoms with Gasteiger partial charge in [-0.05, 0) is 23.8 Å². The number of allylic oxidation sites excluding steroid dienone is 1. The summed E-state index contributed by atoms with van der Waals surface area (Å²) >= 11 is 0. The summed E-state index contributed by atoms with van der Waals surface area (Å²) in [5.74, 6) is -1.16. The Morgan fingerprint density at radius 1 is 1.32 bits per heavy atom. The minimum atomic E-state index is -1.08. The van der Waals surface area contributed by atoms with Crippen LogP contribution in [-0.2, 0) is 9.53 Å². The average molecular weight is 300 g/mol. The predicted molar refractivity (Wildman–Crippen MR) is 75.3 cm³/mol. The molecule has 0 aliphatic carbocycles. The minimum absolute atomic E-state index is 0.0301. The van der Waals surface area contributed by atoms with Gasteiger partial charge in [-0.2, -0.15) is 10.1 Å². The van der Waals surface area contributed by atoms with E-state index < -0.39 is 18.0 Å². The SMILES string of the molecule is COC(=O)c1ccc([C@@H]2C=C(C(=O)O)Nc3ncnn32)cc1. The maximum atomic E-state index is 11.5. The molecule has 1 aliphatic rings. The zero-order valence-electron chi connectivity index (χ0n) is 11.6. The number of aliphatic carboxylic acids is 1. The van der Waals surface area contributed by atoms with Gasteiger partial charge in [-0.25, -0.2) is 14.3 Å². The molecule has 0 spiro atoms. The fourth-order valence-electron chi connectivity index (χ4n) is 2.23. The number of methoxy groups -OCH3 is 1. The Hall–Kier alpha value is -3.16. The third-order valence-corrected chi connectivity index (χ3v) is 3.31. The molecule has 1 aromatic carbocycles. The Kier molecular flexibility index (Phi) is 3.34. The van der Waals surface area contributed by atoms with Gasteiger partial charge >= 0.3 is 11.9 Å². The quantitative estimate of drug-likeness (QED) is 0.816. The summed E-state index contributed by atoms with van der Waals surface area (Å²) < 4.78 is 6.22. The molecule has 1 aromatic heterocycles. The van der Waals surface area contributed by atoms with Gasteiger partial charge in [0.05, 0.1) is 12.7 Å². The molecule has 1 atom stereocenters. The number of hydrogen-bond acceptors (Lipinski definition) is 6. The molecule has 0 saturated carbocycles. The molecular weight excluding hydrogens is 288 g/mol. The van der Waals surface area contributed by atoms with Crippen molar-refractivity contribution in [2.24, 2.45) is 0 Å². The number of carbonyl (C=O) groups excluding carboxylic acids is 1. The van der Waals surface area contributed by atoms with Crippen molar-refractivity contribution in [1.29, 1.82) is 0 Å². The lowest BCUT2D eigenvalue weighted by Gasteiger charge is -2.22. The number of nitrogens with zero attached hydrogens (tertiary/aromatic N) is 3. The summed E-state index contributed by atoms with van der Waals surface area (Å²) in [7, 11) is 1.31. The molecule has 2 N–H and O–H groups in total. The molecule has 112 valence electrons. The Labute approximate surface area is 125 Å². The van der Waals surface area contributed by atoms with Crippen molar-refractivity contribution in [3.8, 4) is 0 Å². The summed E-state index contributed by atoms with van der Waals surface area (Å²) in [6, 6.07) is 6.27. The molecule has 0 saturated heterocycles. The van der Waals surface area contributed by atoms with E-state index in [1.807, 2.05) is 0 Å². The Morgan fingerprint density at radius 2 is 2.05 bits per heavy atom. The van der Waals surface area contributed by atoms with Crippen molar-refractivity contribution < 1.29 is 19.4 Å². The topological polar surface area (TPSA) is 106 Å². The second kappa shape index (κ2) is 5.32. The largest absolute Gasteiger partial charge is 0.477 e. The number of anilines is 1. The van der Waals surface area contributed by atoms with Gasteiger partial charge in [0.25, 0.3) is 0 Å². The van der Waals surface area contributed by atoms with Gasteiger partial charge in [-0.1, -0.05) is 12.1 Å². The van der Waals surface area contributed by atoms with E-state index in [9.17, 15) is 9.59 Å². The molecule has 22 heavy (non-hydrogen) atoms. The lowest BCUT2D eigenvalue weighted by molar-refractivity contribution is -0.132. The van der Waals surface area contributed by atoms with Crippen LogP contribution in [0, 0.1) is 0 Å². The van der Waals surface area contributed by atoms with E-state index in [1.54, 1.807) is 28.9 Å². The second-order valence-corrected chi connectivity index (χ2v) is 4.60. The zero-order valence-corrected chi connectivity index (χ0v) is 11.6. The number of fused-ring (bicyclic) bond motifs is 1. The van der Waals surface area contributed by atoms with Crippen LogP contribution in [0.2, 0.25) is 0 Å². The van der Waals surface area contributed by atoms with Crippen LogP contribution in [0.25, 0.3) is 0 Å². The summed E-state index contributed by atoms with van der Waals surface area (Å²) in [5.41, 5.74) is 1.23. The van der Waals surface area contributed by atoms with Gasteiger partial charge in [0.2, 0.25) is 5.95 Å². The molecule has 0 fully saturated rings. The van der Waals surface area contributed by atoms with Crippen LogP contribution in [0.4, 0.5) is 5.95 Å². The number of carboxylic acid groups (broad SMARTS) is 1. The van der Waals surface area contributed by atoms with Crippen molar-refractivity contribution in [1.82, 2.24) is 14.8 Å². The van der Waals surface area contributed by atoms with E-state index in [0.717, 1.165) is 5.56 Å². The van der Waals surface area contributed by atoms with E-state index >= 15 is 0 Å². The standard InChI is InChI=1S/C14H12N4O4/c1-22-13(21)9-4-2-8(3-5-9)11-6-10(12(19)20)17-14-15-7-16-18(11)14/h2-7,11H,1H3,(H,19,20)(H,15,16,17)/t11-/m0/s1. The first-order chi connectivity index (χ1) is 10.6. The van der Waals surface area contributed by atoms with Crippen LogP contribution in [0.5, 0.6) is 0 Å². The maximum absolute atomic E-state index is 11.5. The summed E-state index contributed by atoms with van der Waals surface area (Å²) in [5, 5.41) is 16.0. The first-order valence-corrected chi connectivity index (χ1v) is 6.40. The summed E-state index contributed by atoms with van der Waals surface area (Å²) in [4.78, 5) is 26.6. The van der Waals surface area contributed by atoms with Crippen molar-refractivity contribution >= 4 is 17.9 Å². The number of hydrogen-bond donors (Lipinski definition) is 2. The summed E-state index contributed by atoms with van der Waals surface area (Å²) in [6.45, 7) is 0. The van der Waals surface area contributed by atoms with Crippen LogP contribution in [0.3, 0.4) is 0 Å². The van der Waals surface area contributed by atoms with E-state index in [2.05, 4.69) is 20.1 Å². The van der Waals surface area contributed by atoms with Gasteiger partial charge in [0.1, 0.15) is 18.1 Å². The number of aromatic nitrogens is 3. The monoisotopic (exact) mass is 300 g/mol. The Morgan fingerprint density at radius 3 is 2.68 bits per heavy atom.